The van der Waals surface area contributed by atoms with Crippen LogP contribution in [0.15, 0.2) is 12.5 Å². The minimum absolute atomic E-state index is 0.0881. The van der Waals surface area contributed by atoms with Crippen LogP contribution in [0.3, 0.4) is 0 Å². The number of hydrogen-bond acceptors (Lipinski definition) is 7. The Balaban J connectivity index is 2.06. The van der Waals surface area contributed by atoms with Gasteiger partial charge in [0.1, 0.15) is 18.6 Å². The molecule has 3 unspecified atom stereocenters. The second kappa shape index (κ2) is 12.6. The van der Waals surface area contributed by atoms with Crippen LogP contribution in [0, 0.1) is 0 Å². The van der Waals surface area contributed by atoms with Gasteiger partial charge in [0.15, 0.2) is 0 Å². The number of H-pyrrole nitrogens is 1. The average molecular weight is 438 g/mol. The van der Waals surface area contributed by atoms with E-state index in [1.54, 1.807) is 0 Å². The van der Waals surface area contributed by atoms with Gasteiger partial charge in [0.2, 0.25) is 17.7 Å². The zero-order valence-electron chi connectivity index (χ0n) is 17.4. The topological polar surface area (TPSA) is 191 Å². The number of imidazole rings is 1. The maximum atomic E-state index is 13.0. The van der Waals surface area contributed by atoms with E-state index < -0.39 is 36.4 Å². The Morgan fingerprint density at radius 3 is 2.61 bits per heavy atom. The molecule has 31 heavy (non-hydrogen) atoms. The largest absolute Gasteiger partial charge is 0.480 e. The number of hydrogen-bond donors (Lipinski definition) is 7. The quantitative estimate of drug-likeness (QED) is 0.172. The zero-order valence-corrected chi connectivity index (χ0v) is 17.4. The summed E-state index contributed by atoms with van der Waals surface area (Å²) in [6.45, 7) is 0.642. The Morgan fingerprint density at radius 1 is 1.19 bits per heavy atom. The number of aliphatic carboxylic acids is 1. The van der Waals surface area contributed by atoms with Crippen LogP contribution in [-0.2, 0) is 25.6 Å². The van der Waals surface area contributed by atoms with Crippen molar-refractivity contribution in [3.05, 3.63) is 18.2 Å². The summed E-state index contributed by atoms with van der Waals surface area (Å²) in [5.41, 5.74) is 6.13. The van der Waals surface area contributed by atoms with Crippen LogP contribution in [0.5, 0.6) is 0 Å². The normalized spacial score (nSPS) is 17.5. The van der Waals surface area contributed by atoms with Gasteiger partial charge in [-0.05, 0) is 45.2 Å². The Morgan fingerprint density at radius 2 is 2.00 bits per heavy atom. The van der Waals surface area contributed by atoms with Gasteiger partial charge in [0.25, 0.3) is 0 Å². The number of aromatic nitrogens is 2. The summed E-state index contributed by atoms with van der Waals surface area (Å²) >= 11 is 0. The lowest BCUT2D eigenvalue weighted by Gasteiger charge is -2.24. The molecule has 0 saturated carbocycles. The Hall–Kier alpha value is -2.99. The van der Waals surface area contributed by atoms with E-state index in [0.29, 0.717) is 37.9 Å². The van der Waals surface area contributed by atoms with Crippen LogP contribution in [0.2, 0.25) is 0 Å². The lowest BCUT2D eigenvalue weighted by Crippen LogP contribution is -2.56. The van der Waals surface area contributed by atoms with E-state index >= 15 is 0 Å². The summed E-state index contributed by atoms with van der Waals surface area (Å²) in [7, 11) is 0. The molecule has 1 aliphatic rings. The van der Waals surface area contributed by atoms with Crippen molar-refractivity contribution in [1.82, 2.24) is 31.2 Å². The van der Waals surface area contributed by atoms with E-state index in [1.165, 1.54) is 12.5 Å². The van der Waals surface area contributed by atoms with Gasteiger partial charge < -0.3 is 37.1 Å². The summed E-state index contributed by atoms with van der Waals surface area (Å²) in [6, 6.07) is -2.21. The highest BCUT2D eigenvalue weighted by molar-refractivity contribution is 5.93. The summed E-state index contributed by atoms with van der Waals surface area (Å²) in [4.78, 5) is 55.5. The molecule has 0 radical (unpaired) electrons. The molecule has 0 aromatic carbocycles. The van der Waals surface area contributed by atoms with Crippen LogP contribution in [0.4, 0.5) is 0 Å². The molecule has 3 amide bonds. The second-order valence-corrected chi connectivity index (χ2v) is 7.45. The highest BCUT2D eigenvalue weighted by Crippen LogP contribution is 2.08. The summed E-state index contributed by atoms with van der Waals surface area (Å²) in [6.07, 6.45) is 6.31. The van der Waals surface area contributed by atoms with Gasteiger partial charge >= 0.3 is 5.97 Å². The van der Waals surface area contributed by atoms with Gasteiger partial charge in [-0.15, -0.1) is 0 Å². The van der Waals surface area contributed by atoms with Crippen LogP contribution in [-0.4, -0.2) is 76.5 Å². The number of carboxylic acids is 1. The molecule has 1 aromatic rings. The molecular formula is C19H31N7O5. The Bertz CT molecular complexity index is 734. The van der Waals surface area contributed by atoms with Gasteiger partial charge in [0, 0.05) is 18.3 Å². The maximum absolute atomic E-state index is 13.0. The molecule has 12 heteroatoms. The number of rotatable bonds is 13. The van der Waals surface area contributed by atoms with Crippen molar-refractivity contribution in [1.29, 1.82) is 0 Å². The van der Waals surface area contributed by atoms with E-state index in [-0.39, 0.29) is 18.4 Å². The molecular weight excluding hydrogens is 406 g/mol. The fraction of sp³-hybridized carbons (Fsp3) is 0.632. The highest BCUT2D eigenvalue weighted by Gasteiger charge is 2.30. The number of aromatic amines is 1. The van der Waals surface area contributed by atoms with E-state index in [0.717, 1.165) is 13.0 Å². The number of carbonyl (C=O) groups is 4. The van der Waals surface area contributed by atoms with Gasteiger partial charge in [-0.3, -0.25) is 19.2 Å². The number of nitrogens with zero attached hydrogens (tertiary/aromatic N) is 1. The third-order valence-corrected chi connectivity index (χ3v) is 4.98. The van der Waals surface area contributed by atoms with Crippen LogP contribution in [0.1, 0.15) is 37.8 Å². The summed E-state index contributed by atoms with van der Waals surface area (Å²) in [5, 5.41) is 19.6. The van der Waals surface area contributed by atoms with Crippen molar-refractivity contribution in [2.24, 2.45) is 5.73 Å². The maximum Gasteiger partial charge on any atom is 0.322 e. The van der Waals surface area contributed by atoms with Crippen LogP contribution in [0.25, 0.3) is 0 Å². The minimum Gasteiger partial charge on any atom is -0.480 e. The molecule has 2 heterocycles. The molecule has 8 N–H and O–H groups in total. The first-order valence-electron chi connectivity index (χ1n) is 10.4. The van der Waals surface area contributed by atoms with Gasteiger partial charge in [-0.2, -0.15) is 0 Å². The molecule has 2 rings (SSSR count). The standard InChI is InChI=1S/C19H31N7O5/c20-6-2-1-4-14(25-18(30)13-5-3-7-22-13)19(31)26-15(8-12-9-21-11-24-12)17(29)23-10-16(27)28/h9,11,13-15,22H,1-8,10,20H2,(H,21,24)(H,23,29)(H,25,30)(H,26,31)(H,27,28). The first-order chi connectivity index (χ1) is 14.9. The molecule has 12 nitrogen and oxygen atoms in total. The summed E-state index contributed by atoms with van der Waals surface area (Å²) < 4.78 is 0. The first-order valence-corrected chi connectivity index (χ1v) is 10.4. The third kappa shape index (κ3) is 8.34. The number of amides is 3. The molecule has 3 atom stereocenters. The second-order valence-electron chi connectivity index (χ2n) is 7.45. The van der Waals surface area contributed by atoms with Crippen molar-refractivity contribution >= 4 is 23.7 Å². The van der Waals surface area contributed by atoms with Gasteiger partial charge in [-0.25, -0.2) is 4.98 Å². The van der Waals surface area contributed by atoms with Crippen molar-refractivity contribution in [3.8, 4) is 0 Å². The van der Waals surface area contributed by atoms with Gasteiger partial charge in [0.05, 0.1) is 12.4 Å². The van der Waals surface area contributed by atoms with Gasteiger partial charge in [-0.1, -0.05) is 0 Å². The molecule has 1 aromatic heterocycles. The number of unbranched alkanes of at least 4 members (excludes halogenated alkanes) is 1. The van der Waals surface area contributed by atoms with Crippen molar-refractivity contribution in [3.63, 3.8) is 0 Å². The van der Waals surface area contributed by atoms with E-state index in [1.807, 2.05) is 0 Å². The smallest absolute Gasteiger partial charge is 0.322 e. The SMILES string of the molecule is NCCCCC(NC(=O)C1CCCN1)C(=O)NC(Cc1cnc[nH]1)C(=O)NCC(=O)O. The number of carbonyl (C=O) groups excluding carboxylic acids is 3. The van der Waals surface area contributed by atoms with E-state index in [9.17, 15) is 19.2 Å². The number of nitrogens with one attached hydrogen (secondary N) is 5. The van der Waals surface area contributed by atoms with Crippen LogP contribution >= 0.6 is 0 Å². The minimum atomic E-state index is -1.20. The first kappa shape index (κ1) is 24.3. The molecule has 1 aliphatic heterocycles. The predicted molar refractivity (Wildman–Crippen MR) is 111 cm³/mol. The Labute approximate surface area is 180 Å². The Kier molecular flexibility index (Phi) is 9.91. The fourth-order valence-electron chi connectivity index (χ4n) is 3.33. The third-order valence-electron chi connectivity index (χ3n) is 4.98. The van der Waals surface area contributed by atoms with Crippen molar-refractivity contribution in [2.45, 2.75) is 56.7 Å². The number of nitrogens with two attached hydrogens (primary N) is 1. The van der Waals surface area contributed by atoms with E-state index in [2.05, 4.69) is 31.2 Å². The predicted octanol–water partition coefficient (Wildman–Crippen LogP) is -2.00. The molecule has 1 saturated heterocycles. The molecule has 0 spiro atoms. The lowest BCUT2D eigenvalue weighted by molar-refractivity contribution is -0.138. The monoisotopic (exact) mass is 437 g/mol. The summed E-state index contributed by atoms with van der Waals surface area (Å²) in [5.74, 6) is -2.62. The van der Waals surface area contributed by atoms with E-state index in [4.69, 9.17) is 10.8 Å². The fourth-order valence-corrected chi connectivity index (χ4v) is 3.33. The average Bonchev–Trinajstić information content (AvgIpc) is 3.45. The van der Waals surface area contributed by atoms with Crippen molar-refractivity contribution in [2.75, 3.05) is 19.6 Å². The molecule has 0 bridgehead atoms. The molecule has 172 valence electrons. The lowest BCUT2D eigenvalue weighted by atomic mass is 10.1. The van der Waals surface area contributed by atoms with Crippen LogP contribution < -0.4 is 27.0 Å². The zero-order chi connectivity index (χ0) is 22.6. The highest BCUT2D eigenvalue weighted by atomic mass is 16.4. The number of carboxylic acid groups (broad SMARTS) is 1. The van der Waals surface area contributed by atoms with Crippen molar-refractivity contribution < 1.29 is 24.3 Å². The molecule has 0 aliphatic carbocycles. The molecule has 1 fully saturated rings.